The van der Waals surface area contributed by atoms with Gasteiger partial charge < -0.3 is 30.7 Å². The molecule has 7 rings (SSSR count). The van der Waals surface area contributed by atoms with Crippen molar-refractivity contribution in [2.45, 2.75) is 0 Å². The monoisotopic (exact) mass is 744 g/mol. The minimum atomic E-state index is 0.239. The number of aromatic nitrogens is 6. The summed E-state index contributed by atoms with van der Waals surface area (Å²) in [5.41, 5.74) is 10.7. The number of para-hydroxylation sites is 2. The van der Waals surface area contributed by atoms with Crippen LogP contribution < -0.4 is 41.6 Å². The maximum atomic E-state index is 5.26. The number of hydrogen-bond acceptors (Lipinski definition) is 16. The Hall–Kier alpha value is -8.14. The average molecular weight is 745 g/mol. The van der Waals surface area contributed by atoms with Crippen LogP contribution in [0.4, 0.5) is 58.4 Å². The van der Waals surface area contributed by atoms with E-state index in [0.717, 1.165) is 45.4 Å². The molecule has 0 radical (unpaired) electrons. The molecule has 0 atom stereocenters. The zero-order chi connectivity index (χ0) is 38.4. The van der Waals surface area contributed by atoms with Crippen molar-refractivity contribution in [2.24, 2.45) is 10.2 Å². The van der Waals surface area contributed by atoms with Gasteiger partial charge in [0.25, 0.3) is 0 Å². The quantitative estimate of drug-likeness (QED) is 0.0412. The normalized spacial score (nSPS) is 10.9. The molecule has 7 aromatic rings. The molecule has 2 aromatic heterocycles. The van der Waals surface area contributed by atoms with Gasteiger partial charge in [0, 0.05) is 22.7 Å². The molecule has 0 unspecified atom stereocenters. The predicted molar refractivity (Wildman–Crippen MR) is 221 cm³/mol. The molecule has 0 saturated carbocycles. The van der Waals surface area contributed by atoms with Crippen LogP contribution in [0.3, 0.4) is 0 Å². The van der Waals surface area contributed by atoms with E-state index in [1.807, 2.05) is 133 Å². The second-order valence-electron chi connectivity index (χ2n) is 11.7. The molecule has 56 heavy (non-hydrogen) atoms. The maximum Gasteiger partial charge on any atom is 0.250 e. The molecule has 0 amide bonds. The van der Waals surface area contributed by atoms with E-state index < -0.39 is 0 Å². The molecule has 0 aliphatic heterocycles. The Morgan fingerprint density at radius 3 is 1.00 bits per heavy atom. The van der Waals surface area contributed by atoms with Gasteiger partial charge in [0.1, 0.15) is 11.5 Å². The molecule has 0 spiro atoms. The van der Waals surface area contributed by atoms with Crippen molar-refractivity contribution in [1.82, 2.24) is 29.9 Å². The van der Waals surface area contributed by atoms with Crippen molar-refractivity contribution < 1.29 is 9.47 Å². The first kappa shape index (κ1) is 36.2. The van der Waals surface area contributed by atoms with Gasteiger partial charge in [-0.1, -0.05) is 60.7 Å². The molecule has 6 N–H and O–H groups in total. The number of ether oxygens (including phenoxy) is 2. The summed E-state index contributed by atoms with van der Waals surface area (Å²) in [5, 5.41) is 21.5. The van der Waals surface area contributed by atoms with Gasteiger partial charge in [0.2, 0.25) is 35.7 Å². The largest absolute Gasteiger partial charge is 0.497 e. The number of nitrogens with zero attached hydrogens (tertiary/aromatic N) is 8. The minimum absolute atomic E-state index is 0.239. The van der Waals surface area contributed by atoms with Gasteiger partial charge in [-0.05, 0) is 83.9 Å². The minimum Gasteiger partial charge on any atom is -0.497 e. The molecule has 16 nitrogen and oxygen atoms in total. The molecular formula is C40H36N14O2. The lowest BCUT2D eigenvalue weighted by atomic mass is 10.2. The van der Waals surface area contributed by atoms with E-state index in [9.17, 15) is 0 Å². The zero-order valence-corrected chi connectivity index (χ0v) is 30.3. The van der Waals surface area contributed by atoms with Crippen molar-refractivity contribution in [3.63, 3.8) is 0 Å². The second kappa shape index (κ2) is 18.1. The summed E-state index contributed by atoms with van der Waals surface area (Å²) in [7, 11) is 3.24. The van der Waals surface area contributed by atoms with Gasteiger partial charge in [-0.15, -0.1) is 0 Å². The van der Waals surface area contributed by atoms with Gasteiger partial charge in [-0.2, -0.15) is 40.1 Å². The van der Waals surface area contributed by atoms with Gasteiger partial charge in [-0.3, -0.25) is 0 Å². The third-order valence-electron chi connectivity index (χ3n) is 7.72. The lowest BCUT2D eigenvalue weighted by Crippen LogP contribution is -2.07. The van der Waals surface area contributed by atoms with Crippen molar-refractivity contribution in [3.8, 4) is 11.5 Å². The van der Waals surface area contributed by atoms with Crippen LogP contribution in [-0.2, 0) is 0 Å². The van der Waals surface area contributed by atoms with Crippen molar-refractivity contribution >= 4 is 70.9 Å². The summed E-state index contributed by atoms with van der Waals surface area (Å²) >= 11 is 0. The third-order valence-corrected chi connectivity index (χ3v) is 7.72. The van der Waals surface area contributed by atoms with E-state index in [4.69, 9.17) is 9.47 Å². The SMILES string of the molecule is COc1ccc(Nc2nc(N/N=C\c3ccc(/C=N\Nc4nc(Nc5ccccc5)nc(Nc5ccc(OC)cc5)n4)cc3)nc(Nc3ccccc3)n2)cc1. The molecule has 16 heteroatoms. The fourth-order valence-electron chi connectivity index (χ4n) is 4.98. The Bertz CT molecular complexity index is 2210. The number of rotatable bonds is 16. The molecule has 0 aliphatic rings. The number of nitrogens with one attached hydrogen (secondary N) is 6. The second-order valence-corrected chi connectivity index (χ2v) is 11.7. The fraction of sp³-hybridized carbons (Fsp3) is 0.0500. The zero-order valence-electron chi connectivity index (χ0n) is 30.3. The average Bonchev–Trinajstić information content (AvgIpc) is 3.23. The summed E-state index contributed by atoms with van der Waals surface area (Å²) in [6.45, 7) is 0. The van der Waals surface area contributed by atoms with Crippen LogP contribution in [0.25, 0.3) is 0 Å². The van der Waals surface area contributed by atoms with E-state index in [2.05, 4.69) is 72.2 Å². The van der Waals surface area contributed by atoms with Crippen LogP contribution in [0.1, 0.15) is 11.1 Å². The number of methoxy groups -OCH3 is 2. The van der Waals surface area contributed by atoms with E-state index in [-0.39, 0.29) is 11.9 Å². The van der Waals surface area contributed by atoms with Crippen molar-refractivity contribution in [2.75, 3.05) is 46.3 Å². The first-order chi connectivity index (χ1) is 27.6. The summed E-state index contributed by atoms with van der Waals surface area (Å²) in [6, 6.07) is 41.7. The molecule has 0 fully saturated rings. The standard InChI is InChI=1S/C40H36N14O2/c1-55-33-21-17-31(18-22-33)45-37-47-35(43-29-9-5-3-6-10-29)49-39(51-37)53-41-25-27-13-15-28(16-14-27)26-42-54-40-50-36(44-30-11-7-4-8-12-30)48-38(52-40)46-32-19-23-34(56-2)24-20-32/h3-26H,1-2H3,(H3,43,45,47,49,51,53)(H3,44,46,48,50,52,54)/b41-25-,42-26-. The molecule has 0 saturated heterocycles. The fourth-order valence-corrected chi connectivity index (χ4v) is 4.98. The van der Waals surface area contributed by atoms with Gasteiger partial charge in [-0.25, -0.2) is 10.9 Å². The van der Waals surface area contributed by atoms with E-state index >= 15 is 0 Å². The Morgan fingerprint density at radius 2 is 0.679 bits per heavy atom. The number of hydrogen-bond donors (Lipinski definition) is 6. The summed E-state index contributed by atoms with van der Waals surface area (Å²) in [5.74, 6) is 3.28. The Labute approximate surface area is 322 Å². The summed E-state index contributed by atoms with van der Waals surface area (Å²) < 4.78 is 10.5. The lowest BCUT2D eigenvalue weighted by molar-refractivity contribution is 0.415. The van der Waals surface area contributed by atoms with Crippen molar-refractivity contribution in [3.05, 3.63) is 145 Å². The Morgan fingerprint density at radius 1 is 0.375 bits per heavy atom. The van der Waals surface area contributed by atoms with E-state index in [0.29, 0.717) is 23.8 Å². The molecular weight excluding hydrogens is 709 g/mol. The number of benzene rings is 5. The first-order valence-electron chi connectivity index (χ1n) is 17.2. The van der Waals surface area contributed by atoms with E-state index in [1.165, 1.54) is 0 Å². The van der Waals surface area contributed by atoms with Crippen LogP contribution >= 0.6 is 0 Å². The highest BCUT2D eigenvalue weighted by Crippen LogP contribution is 2.23. The van der Waals surface area contributed by atoms with Gasteiger partial charge >= 0.3 is 0 Å². The third kappa shape index (κ3) is 10.5. The first-order valence-corrected chi connectivity index (χ1v) is 17.2. The van der Waals surface area contributed by atoms with E-state index in [1.54, 1.807) is 26.6 Å². The topological polar surface area (TPSA) is 193 Å². The van der Waals surface area contributed by atoms with Gasteiger partial charge in [0.15, 0.2) is 0 Å². The lowest BCUT2D eigenvalue weighted by Gasteiger charge is -2.10. The molecule has 5 aromatic carbocycles. The molecule has 2 heterocycles. The van der Waals surface area contributed by atoms with Crippen molar-refractivity contribution in [1.29, 1.82) is 0 Å². The number of anilines is 10. The highest BCUT2D eigenvalue weighted by atomic mass is 16.5. The van der Waals surface area contributed by atoms with Crippen LogP contribution in [0.15, 0.2) is 144 Å². The van der Waals surface area contributed by atoms with Crippen LogP contribution in [0.5, 0.6) is 11.5 Å². The highest BCUT2D eigenvalue weighted by molar-refractivity contribution is 5.84. The molecule has 0 bridgehead atoms. The van der Waals surface area contributed by atoms with Crippen LogP contribution in [0, 0.1) is 0 Å². The summed E-state index contributed by atoms with van der Waals surface area (Å²) in [4.78, 5) is 27.0. The number of hydrazone groups is 2. The van der Waals surface area contributed by atoms with Crippen LogP contribution in [0.2, 0.25) is 0 Å². The molecule has 0 aliphatic carbocycles. The summed E-state index contributed by atoms with van der Waals surface area (Å²) in [6.07, 6.45) is 3.32. The Kier molecular flexibility index (Phi) is 11.7. The smallest absolute Gasteiger partial charge is 0.250 e. The maximum absolute atomic E-state index is 5.26. The Balaban J connectivity index is 1.00. The van der Waals surface area contributed by atoms with Gasteiger partial charge in [0.05, 0.1) is 26.6 Å². The molecule has 278 valence electrons. The predicted octanol–water partition coefficient (Wildman–Crippen LogP) is 7.94. The van der Waals surface area contributed by atoms with Crippen LogP contribution in [-0.4, -0.2) is 56.6 Å². The highest BCUT2D eigenvalue weighted by Gasteiger charge is 2.10.